The van der Waals surface area contributed by atoms with Crippen LogP contribution in [0.3, 0.4) is 0 Å². The maximum Gasteiger partial charge on any atom is 0.286 e. The molecule has 0 aliphatic carbocycles. The number of nitrogens with one attached hydrogen (secondary N) is 1. The second-order valence-corrected chi connectivity index (χ2v) is 7.77. The molecule has 0 saturated heterocycles. The second-order valence-electron chi connectivity index (χ2n) is 4.02. The number of halogens is 1. The first-order valence-corrected chi connectivity index (χ1v) is 9.13. The van der Waals surface area contributed by atoms with Crippen LogP contribution in [-0.2, 0) is 10.0 Å². The number of methoxy groups -OCH3 is 2. The van der Waals surface area contributed by atoms with Crippen molar-refractivity contribution in [1.29, 1.82) is 0 Å². The molecular weight excluding hydrogens is 392 g/mol. The van der Waals surface area contributed by atoms with Crippen molar-refractivity contribution in [3.05, 3.63) is 39.7 Å². The normalized spacial score (nSPS) is 11.6. The fourth-order valence-corrected chi connectivity index (χ4v) is 3.91. The Hall–Kier alpha value is -1.58. The number of rotatable bonds is 6. The zero-order valence-corrected chi connectivity index (χ0v) is 15.0. The lowest BCUT2D eigenvalue weighted by Gasteiger charge is -2.10. The van der Waals surface area contributed by atoms with Crippen LogP contribution in [0.25, 0.3) is 0 Å². The van der Waals surface area contributed by atoms with Gasteiger partial charge in [-0.05, 0) is 23.6 Å². The average Bonchev–Trinajstić information content (AvgIpc) is 3.01. The van der Waals surface area contributed by atoms with Crippen molar-refractivity contribution in [2.45, 2.75) is 4.21 Å². The molecule has 0 saturated carbocycles. The van der Waals surface area contributed by atoms with E-state index in [-0.39, 0.29) is 4.21 Å². The maximum absolute atomic E-state index is 11.9. The van der Waals surface area contributed by atoms with Crippen molar-refractivity contribution >= 4 is 43.5 Å². The number of sulfonamides is 1. The van der Waals surface area contributed by atoms with Gasteiger partial charge in [-0.25, -0.2) is 0 Å². The number of benzene rings is 1. The molecule has 0 radical (unpaired) electrons. The largest absolute Gasteiger partial charge is 0.493 e. The molecule has 22 heavy (non-hydrogen) atoms. The van der Waals surface area contributed by atoms with Crippen molar-refractivity contribution in [3.63, 3.8) is 0 Å². The van der Waals surface area contributed by atoms with Crippen molar-refractivity contribution in [3.8, 4) is 11.5 Å². The van der Waals surface area contributed by atoms with Crippen LogP contribution in [-0.4, -0.2) is 28.9 Å². The highest BCUT2D eigenvalue weighted by Gasteiger charge is 2.14. The van der Waals surface area contributed by atoms with Gasteiger partial charge in [-0.1, -0.05) is 22.0 Å². The Morgan fingerprint density at radius 1 is 1.32 bits per heavy atom. The summed E-state index contributed by atoms with van der Waals surface area (Å²) in [6.45, 7) is 0. The van der Waals surface area contributed by atoms with Gasteiger partial charge in [0.15, 0.2) is 11.5 Å². The minimum atomic E-state index is -3.65. The minimum absolute atomic E-state index is 0.198. The highest BCUT2D eigenvalue weighted by Crippen LogP contribution is 2.33. The minimum Gasteiger partial charge on any atom is -0.493 e. The molecular formula is C13H13BrN2O4S2. The Morgan fingerprint density at radius 2 is 2.09 bits per heavy atom. The smallest absolute Gasteiger partial charge is 0.286 e. The quantitative estimate of drug-likeness (QED) is 0.592. The molecule has 118 valence electrons. The van der Waals surface area contributed by atoms with Gasteiger partial charge in [-0.15, -0.1) is 11.3 Å². The van der Waals surface area contributed by atoms with Gasteiger partial charge in [0, 0.05) is 10.0 Å². The highest BCUT2D eigenvalue weighted by molar-refractivity contribution is 9.10. The van der Waals surface area contributed by atoms with Gasteiger partial charge in [0.25, 0.3) is 10.0 Å². The number of hydrogen-bond donors (Lipinski definition) is 1. The lowest BCUT2D eigenvalue weighted by Crippen LogP contribution is -2.17. The first kappa shape index (κ1) is 16.8. The highest BCUT2D eigenvalue weighted by atomic mass is 79.9. The third-order valence-electron chi connectivity index (χ3n) is 2.61. The molecule has 0 amide bonds. The van der Waals surface area contributed by atoms with Crippen molar-refractivity contribution < 1.29 is 17.9 Å². The van der Waals surface area contributed by atoms with E-state index in [1.165, 1.54) is 26.5 Å². The van der Waals surface area contributed by atoms with E-state index in [9.17, 15) is 8.42 Å². The van der Waals surface area contributed by atoms with Gasteiger partial charge in [-0.3, -0.25) is 0 Å². The predicted molar refractivity (Wildman–Crippen MR) is 89.5 cm³/mol. The number of hydrazone groups is 1. The first-order chi connectivity index (χ1) is 10.5. The molecule has 2 aromatic rings. The average molecular weight is 405 g/mol. The van der Waals surface area contributed by atoms with E-state index in [1.807, 2.05) is 0 Å². The molecule has 6 nitrogen and oxygen atoms in total. The zero-order valence-electron chi connectivity index (χ0n) is 11.7. The Bertz CT molecular complexity index is 774. The summed E-state index contributed by atoms with van der Waals surface area (Å²) in [5.74, 6) is 0.976. The van der Waals surface area contributed by atoms with E-state index in [1.54, 1.807) is 23.6 Å². The van der Waals surface area contributed by atoms with E-state index in [2.05, 4.69) is 25.9 Å². The monoisotopic (exact) mass is 404 g/mol. The van der Waals surface area contributed by atoms with Crippen LogP contribution in [0.5, 0.6) is 11.5 Å². The molecule has 1 heterocycles. The Balaban J connectivity index is 2.26. The maximum atomic E-state index is 11.9. The molecule has 1 aromatic carbocycles. The van der Waals surface area contributed by atoms with Crippen molar-refractivity contribution in [2.75, 3.05) is 14.2 Å². The molecule has 0 fully saturated rings. The van der Waals surface area contributed by atoms with Crippen LogP contribution < -0.4 is 14.3 Å². The SMILES string of the molecule is COc1cc(Br)cc(/C=N/NS(=O)(=O)c2cccs2)c1OC. The second kappa shape index (κ2) is 7.12. The first-order valence-electron chi connectivity index (χ1n) is 5.98. The van der Waals surface area contributed by atoms with Gasteiger partial charge in [0.1, 0.15) is 4.21 Å². The van der Waals surface area contributed by atoms with Gasteiger partial charge < -0.3 is 9.47 Å². The lowest BCUT2D eigenvalue weighted by molar-refractivity contribution is 0.354. The standard InChI is InChI=1S/C13H13BrN2O4S2/c1-19-11-7-10(14)6-9(13(11)20-2)8-15-16-22(17,18)12-4-3-5-21-12/h3-8,16H,1-2H3/b15-8+. The summed E-state index contributed by atoms with van der Waals surface area (Å²) in [5.41, 5.74) is 0.572. The molecule has 1 N–H and O–H groups in total. The van der Waals surface area contributed by atoms with Crippen LogP contribution in [0.4, 0.5) is 0 Å². The van der Waals surface area contributed by atoms with Gasteiger partial charge in [0.2, 0.25) is 0 Å². The molecule has 0 aliphatic rings. The van der Waals surface area contributed by atoms with E-state index >= 15 is 0 Å². The molecule has 9 heteroatoms. The van der Waals surface area contributed by atoms with Crippen LogP contribution in [0.15, 0.2) is 43.4 Å². The summed E-state index contributed by atoms with van der Waals surface area (Å²) in [6, 6.07) is 6.65. The van der Waals surface area contributed by atoms with Crippen LogP contribution in [0.2, 0.25) is 0 Å². The number of nitrogens with zero attached hydrogens (tertiary/aromatic N) is 1. The lowest BCUT2D eigenvalue weighted by atomic mass is 10.2. The van der Waals surface area contributed by atoms with Gasteiger partial charge >= 0.3 is 0 Å². The summed E-state index contributed by atoms with van der Waals surface area (Å²) in [6.07, 6.45) is 1.36. The topological polar surface area (TPSA) is 77.0 Å². The van der Waals surface area contributed by atoms with Crippen LogP contribution in [0, 0.1) is 0 Å². The number of ether oxygens (including phenoxy) is 2. The summed E-state index contributed by atoms with van der Waals surface area (Å²) in [5, 5.41) is 5.46. The van der Waals surface area contributed by atoms with Crippen LogP contribution in [0.1, 0.15) is 5.56 Å². The van der Waals surface area contributed by atoms with Gasteiger partial charge in [-0.2, -0.15) is 18.4 Å². The third-order valence-corrected chi connectivity index (χ3v) is 5.69. The Labute approximate surface area is 140 Å². The molecule has 1 aromatic heterocycles. The Kier molecular flexibility index (Phi) is 5.43. The summed E-state index contributed by atoms with van der Waals surface area (Å²) < 4.78 is 35.3. The molecule has 2 rings (SSSR count). The van der Waals surface area contributed by atoms with Crippen molar-refractivity contribution in [1.82, 2.24) is 4.83 Å². The molecule has 0 atom stereocenters. The number of thiophene rings is 1. The summed E-state index contributed by atoms with van der Waals surface area (Å²) in [7, 11) is -0.628. The van der Waals surface area contributed by atoms with Gasteiger partial charge in [0.05, 0.1) is 20.4 Å². The molecule has 0 bridgehead atoms. The predicted octanol–water partition coefficient (Wildman–Crippen LogP) is 2.84. The summed E-state index contributed by atoms with van der Waals surface area (Å²) >= 11 is 4.46. The van der Waals surface area contributed by atoms with E-state index in [0.29, 0.717) is 17.1 Å². The fourth-order valence-electron chi connectivity index (χ4n) is 1.68. The van der Waals surface area contributed by atoms with E-state index in [0.717, 1.165) is 15.8 Å². The van der Waals surface area contributed by atoms with Crippen LogP contribution >= 0.6 is 27.3 Å². The number of hydrogen-bond acceptors (Lipinski definition) is 6. The third kappa shape index (κ3) is 3.79. The van der Waals surface area contributed by atoms with E-state index in [4.69, 9.17) is 9.47 Å². The van der Waals surface area contributed by atoms with E-state index < -0.39 is 10.0 Å². The van der Waals surface area contributed by atoms with Crippen molar-refractivity contribution in [2.24, 2.45) is 5.10 Å². The Morgan fingerprint density at radius 3 is 2.68 bits per heavy atom. The fraction of sp³-hybridized carbons (Fsp3) is 0.154. The molecule has 0 unspecified atom stereocenters. The molecule has 0 aliphatic heterocycles. The zero-order chi connectivity index (χ0) is 16.2. The summed E-state index contributed by atoms with van der Waals surface area (Å²) in [4.78, 5) is 2.16. The molecule has 0 spiro atoms.